The van der Waals surface area contributed by atoms with Crippen molar-refractivity contribution in [3.05, 3.63) is 48.1 Å². The summed E-state index contributed by atoms with van der Waals surface area (Å²) in [6, 6.07) is 0. The van der Waals surface area contributed by atoms with E-state index in [1.165, 1.54) is 12.2 Å². The SMILES string of the molecule is C=C(C)/C=C/COC1(OC)C=CC(=O)C=C1C. The molecule has 0 saturated heterocycles. The third-order valence-electron chi connectivity index (χ3n) is 2.48. The van der Waals surface area contributed by atoms with E-state index in [-0.39, 0.29) is 5.78 Å². The van der Waals surface area contributed by atoms with Gasteiger partial charge in [0.1, 0.15) is 0 Å². The highest BCUT2D eigenvalue weighted by molar-refractivity contribution is 6.01. The number of rotatable bonds is 5. The fourth-order valence-electron chi connectivity index (χ4n) is 1.56. The van der Waals surface area contributed by atoms with E-state index in [4.69, 9.17) is 9.47 Å². The molecule has 92 valence electrons. The maximum Gasteiger partial charge on any atom is 0.211 e. The molecule has 0 aromatic heterocycles. The monoisotopic (exact) mass is 234 g/mol. The number of hydrogen-bond donors (Lipinski definition) is 0. The van der Waals surface area contributed by atoms with Crippen LogP contribution in [0.1, 0.15) is 13.8 Å². The van der Waals surface area contributed by atoms with Crippen LogP contribution in [0.3, 0.4) is 0 Å². The maximum absolute atomic E-state index is 11.2. The van der Waals surface area contributed by atoms with E-state index < -0.39 is 5.79 Å². The number of allylic oxidation sites excluding steroid dienone is 4. The van der Waals surface area contributed by atoms with Crippen molar-refractivity contribution in [1.29, 1.82) is 0 Å². The maximum atomic E-state index is 11.2. The third kappa shape index (κ3) is 3.51. The van der Waals surface area contributed by atoms with Gasteiger partial charge in [-0.3, -0.25) is 4.79 Å². The first-order valence-electron chi connectivity index (χ1n) is 5.43. The lowest BCUT2D eigenvalue weighted by Crippen LogP contribution is -2.36. The van der Waals surface area contributed by atoms with Crippen LogP contribution in [0.2, 0.25) is 0 Å². The summed E-state index contributed by atoms with van der Waals surface area (Å²) in [6.07, 6.45) is 8.35. The fraction of sp³-hybridized carbons (Fsp3) is 0.357. The van der Waals surface area contributed by atoms with E-state index in [9.17, 15) is 4.79 Å². The Labute approximate surface area is 102 Å². The van der Waals surface area contributed by atoms with Gasteiger partial charge in [0.15, 0.2) is 5.78 Å². The van der Waals surface area contributed by atoms with Crippen LogP contribution in [0.5, 0.6) is 0 Å². The Morgan fingerprint density at radius 2 is 2.29 bits per heavy atom. The number of hydrogen-bond acceptors (Lipinski definition) is 3. The molecule has 1 unspecified atom stereocenters. The predicted molar refractivity (Wildman–Crippen MR) is 67.6 cm³/mol. The molecular formula is C14H18O3. The highest BCUT2D eigenvalue weighted by Gasteiger charge is 2.32. The average molecular weight is 234 g/mol. The first-order chi connectivity index (χ1) is 8.00. The van der Waals surface area contributed by atoms with Crippen LogP contribution in [-0.2, 0) is 14.3 Å². The highest BCUT2D eigenvalue weighted by atomic mass is 16.7. The zero-order valence-electron chi connectivity index (χ0n) is 10.5. The van der Waals surface area contributed by atoms with Crippen LogP contribution < -0.4 is 0 Å². The lowest BCUT2D eigenvalue weighted by atomic mass is 10.00. The van der Waals surface area contributed by atoms with E-state index in [1.807, 2.05) is 26.0 Å². The van der Waals surface area contributed by atoms with Gasteiger partial charge in [-0.15, -0.1) is 0 Å². The molecule has 0 fully saturated rings. The minimum atomic E-state index is -0.923. The lowest BCUT2D eigenvalue weighted by molar-refractivity contribution is -0.155. The fourth-order valence-corrected chi connectivity index (χ4v) is 1.56. The molecule has 0 aromatic rings. The second-order valence-corrected chi connectivity index (χ2v) is 3.99. The molecule has 0 spiro atoms. The zero-order chi connectivity index (χ0) is 12.9. The Kier molecular flexibility index (Phi) is 4.61. The number of methoxy groups -OCH3 is 1. The highest BCUT2D eigenvalue weighted by Crippen LogP contribution is 2.27. The number of ether oxygens (including phenoxy) is 2. The van der Waals surface area contributed by atoms with Gasteiger partial charge in [-0.05, 0) is 37.6 Å². The largest absolute Gasteiger partial charge is 0.346 e. The van der Waals surface area contributed by atoms with Gasteiger partial charge in [0, 0.05) is 7.11 Å². The van der Waals surface area contributed by atoms with Gasteiger partial charge >= 0.3 is 0 Å². The van der Waals surface area contributed by atoms with Crippen LogP contribution in [0.25, 0.3) is 0 Å². The summed E-state index contributed by atoms with van der Waals surface area (Å²) < 4.78 is 11.0. The molecule has 3 nitrogen and oxygen atoms in total. The van der Waals surface area contributed by atoms with Crippen molar-refractivity contribution in [2.75, 3.05) is 13.7 Å². The molecule has 0 aliphatic heterocycles. The second-order valence-electron chi connectivity index (χ2n) is 3.99. The Bertz CT molecular complexity index is 402. The Balaban J connectivity index is 2.71. The van der Waals surface area contributed by atoms with Crippen LogP contribution >= 0.6 is 0 Å². The van der Waals surface area contributed by atoms with Crippen molar-refractivity contribution >= 4 is 5.78 Å². The summed E-state index contributed by atoms with van der Waals surface area (Å²) >= 11 is 0. The Morgan fingerprint density at radius 3 is 2.82 bits per heavy atom. The minimum Gasteiger partial charge on any atom is -0.346 e. The molecule has 0 bridgehead atoms. The molecule has 0 heterocycles. The van der Waals surface area contributed by atoms with E-state index in [0.29, 0.717) is 6.61 Å². The molecule has 1 rings (SSSR count). The molecule has 1 aliphatic carbocycles. The van der Waals surface area contributed by atoms with Crippen LogP contribution in [0.4, 0.5) is 0 Å². The molecule has 17 heavy (non-hydrogen) atoms. The van der Waals surface area contributed by atoms with Crippen LogP contribution in [0, 0.1) is 0 Å². The van der Waals surface area contributed by atoms with Crippen LogP contribution in [-0.4, -0.2) is 25.3 Å². The number of ketones is 1. The summed E-state index contributed by atoms with van der Waals surface area (Å²) in [5.41, 5.74) is 1.71. The van der Waals surface area contributed by atoms with Gasteiger partial charge in [-0.2, -0.15) is 0 Å². The van der Waals surface area contributed by atoms with Crippen LogP contribution in [0.15, 0.2) is 48.1 Å². The van der Waals surface area contributed by atoms with Gasteiger partial charge in [0.2, 0.25) is 5.79 Å². The first kappa shape index (κ1) is 13.6. The average Bonchev–Trinajstić information content (AvgIpc) is 2.27. The lowest BCUT2D eigenvalue weighted by Gasteiger charge is -2.31. The van der Waals surface area contributed by atoms with Crippen molar-refractivity contribution in [2.24, 2.45) is 0 Å². The molecule has 0 radical (unpaired) electrons. The van der Waals surface area contributed by atoms with Gasteiger partial charge in [0.25, 0.3) is 0 Å². The van der Waals surface area contributed by atoms with E-state index in [0.717, 1.165) is 11.1 Å². The first-order valence-corrected chi connectivity index (χ1v) is 5.43. The second kappa shape index (κ2) is 5.75. The molecule has 1 atom stereocenters. The van der Waals surface area contributed by atoms with Gasteiger partial charge in [-0.25, -0.2) is 0 Å². The summed E-state index contributed by atoms with van der Waals surface area (Å²) in [6.45, 7) is 7.87. The summed E-state index contributed by atoms with van der Waals surface area (Å²) in [5, 5.41) is 0. The van der Waals surface area contributed by atoms with Crippen molar-refractivity contribution in [1.82, 2.24) is 0 Å². The molecule has 1 aliphatic rings. The van der Waals surface area contributed by atoms with Crippen molar-refractivity contribution in [3.63, 3.8) is 0 Å². The summed E-state index contributed by atoms with van der Waals surface area (Å²) in [7, 11) is 1.56. The normalized spacial score (nSPS) is 24.2. The topological polar surface area (TPSA) is 35.5 Å². The van der Waals surface area contributed by atoms with Crippen molar-refractivity contribution < 1.29 is 14.3 Å². The van der Waals surface area contributed by atoms with Gasteiger partial charge in [-0.1, -0.05) is 24.3 Å². The number of carbonyl (C=O) groups excluding carboxylic acids is 1. The Hall–Kier alpha value is -1.45. The van der Waals surface area contributed by atoms with Crippen molar-refractivity contribution in [3.8, 4) is 0 Å². The zero-order valence-corrected chi connectivity index (χ0v) is 10.5. The predicted octanol–water partition coefficient (Wildman–Crippen LogP) is 2.56. The van der Waals surface area contributed by atoms with E-state index in [1.54, 1.807) is 13.2 Å². The van der Waals surface area contributed by atoms with Gasteiger partial charge in [0.05, 0.1) is 6.61 Å². The van der Waals surface area contributed by atoms with Crippen molar-refractivity contribution in [2.45, 2.75) is 19.6 Å². The molecule has 3 heteroatoms. The summed E-state index contributed by atoms with van der Waals surface area (Å²) in [5.74, 6) is -0.968. The molecule has 0 amide bonds. The smallest absolute Gasteiger partial charge is 0.211 e. The quantitative estimate of drug-likeness (QED) is 0.541. The number of carbonyl (C=O) groups is 1. The molecule has 0 saturated carbocycles. The molecular weight excluding hydrogens is 216 g/mol. The summed E-state index contributed by atoms with van der Waals surface area (Å²) in [4.78, 5) is 11.2. The molecule has 0 aromatic carbocycles. The Morgan fingerprint density at radius 1 is 1.59 bits per heavy atom. The third-order valence-corrected chi connectivity index (χ3v) is 2.48. The van der Waals surface area contributed by atoms with E-state index >= 15 is 0 Å². The van der Waals surface area contributed by atoms with E-state index in [2.05, 4.69) is 6.58 Å². The standard InChI is InChI=1S/C14H18O3/c1-11(2)6-5-9-17-14(16-4)8-7-13(15)10-12(14)3/h5-8,10H,1,9H2,2-4H3/b6-5+. The molecule has 0 N–H and O–H groups in total. The minimum absolute atomic E-state index is 0.0451. The van der Waals surface area contributed by atoms with Gasteiger partial charge < -0.3 is 9.47 Å².